The van der Waals surface area contributed by atoms with Crippen LogP contribution >= 0.6 is 35.0 Å². The second-order valence-electron chi connectivity index (χ2n) is 8.30. The molecule has 2 unspecified atom stereocenters. The van der Waals surface area contributed by atoms with Gasteiger partial charge >= 0.3 is 0 Å². The fourth-order valence-corrected chi connectivity index (χ4v) is 5.99. The Labute approximate surface area is 197 Å². The van der Waals surface area contributed by atoms with Gasteiger partial charge in [-0.25, -0.2) is 0 Å². The monoisotopic (exact) mass is 476 g/mol. The van der Waals surface area contributed by atoms with Crippen molar-refractivity contribution in [2.45, 2.75) is 56.5 Å². The van der Waals surface area contributed by atoms with Crippen LogP contribution in [0, 0.1) is 6.92 Å². The summed E-state index contributed by atoms with van der Waals surface area (Å²) in [6.07, 6.45) is 5.52. The number of nitrogens with zero attached hydrogens (tertiary/aromatic N) is 1. The molecular weight excluding hydrogens is 451 g/mol. The van der Waals surface area contributed by atoms with Crippen molar-refractivity contribution >= 4 is 46.8 Å². The molecule has 4 rings (SSSR count). The summed E-state index contributed by atoms with van der Waals surface area (Å²) in [5.41, 5.74) is 2.53. The first-order valence-corrected chi connectivity index (χ1v) is 12.5. The van der Waals surface area contributed by atoms with E-state index in [4.69, 9.17) is 23.2 Å². The highest BCUT2D eigenvalue weighted by Crippen LogP contribution is 2.43. The quantitative estimate of drug-likeness (QED) is 0.587. The second kappa shape index (κ2) is 9.85. The first kappa shape index (κ1) is 22.5. The number of thioether (sulfide) groups is 1. The van der Waals surface area contributed by atoms with Gasteiger partial charge in [0.25, 0.3) is 5.91 Å². The van der Waals surface area contributed by atoms with Gasteiger partial charge in [0.15, 0.2) is 0 Å². The van der Waals surface area contributed by atoms with E-state index in [0.717, 1.165) is 36.8 Å². The normalized spacial score (nSPS) is 21.8. The molecule has 2 atom stereocenters. The predicted octanol–water partition coefficient (Wildman–Crippen LogP) is 6.01. The smallest absolute Gasteiger partial charge is 0.255 e. The van der Waals surface area contributed by atoms with Gasteiger partial charge in [0.05, 0.1) is 10.0 Å². The minimum absolute atomic E-state index is 0.0672. The molecule has 1 aliphatic carbocycles. The first-order chi connectivity index (χ1) is 14.9. The highest BCUT2D eigenvalue weighted by atomic mass is 35.5. The molecule has 31 heavy (non-hydrogen) atoms. The fourth-order valence-electron chi connectivity index (χ4n) is 4.27. The molecule has 2 aliphatic rings. The molecule has 4 nitrogen and oxygen atoms in total. The Balaban J connectivity index is 1.63. The molecule has 1 aliphatic heterocycles. The van der Waals surface area contributed by atoms with Crippen LogP contribution in [0.3, 0.4) is 0 Å². The molecule has 2 fully saturated rings. The van der Waals surface area contributed by atoms with Gasteiger partial charge in [0.2, 0.25) is 5.91 Å². The van der Waals surface area contributed by atoms with Crippen molar-refractivity contribution in [2.75, 3.05) is 5.75 Å². The van der Waals surface area contributed by atoms with Crippen LogP contribution in [0.2, 0.25) is 10.0 Å². The molecule has 164 valence electrons. The number of rotatable bonds is 4. The average Bonchev–Trinajstić information content (AvgIpc) is 3.22. The summed E-state index contributed by atoms with van der Waals surface area (Å²) in [7, 11) is 0. The third-order valence-corrected chi connectivity index (χ3v) is 8.08. The van der Waals surface area contributed by atoms with Crippen molar-refractivity contribution in [3.8, 4) is 0 Å². The van der Waals surface area contributed by atoms with E-state index >= 15 is 0 Å². The van der Waals surface area contributed by atoms with Crippen LogP contribution in [0.1, 0.15) is 59.0 Å². The number of carbonyl (C=O) groups excluding carboxylic acids is 2. The fraction of sp³-hybridized carbons (Fsp3) is 0.417. The molecular formula is C24H26Cl2N2O2S. The molecule has 1 heterocycles. The molecule has 1 saturated heterocycles. The molecule has 0 bridgehead atoms. The van der Waals surface area contributed by atoms with Crippen molar-refractivity contribution in [1.82, 2.24) is 10.2 Å². The molecule has 2 aromatic rings. The Kier molecular flexibility index (Phi) is 7.15. The van der Waals surface area contributed by atoms with E-state index in [9.17, 15) is 9.59 Å². The zero-order valence-electron chi connectivity index (χ0n) is 17.4. The van der Waals surface area contributed by atoms with E-state index in [1.165, 1.54) is 6.42 Å². The topological polar surface area (TPSA) is 49.4 Å². The third-order valence-electron chi connectivity index (χ3n) is 6.02. The zero-order valence-corrected chi connectivity index (χ0v) is 19.8. The summed E-state index contributed by atoms with van der Waals surface area (Å²) in [5, 5.41) is 3.82. The maximum absolute atomic E-state index is 13.6. The third kappa shape index (κ3) is 5.05. The predicted molar refractivity (Wildman–Crippen MR) is 128 cm³/mol. The molecule has 2 aromatic carbocycles. The second-order valence-corrected chi connectivity index (χ2v) is 10.2. The van der Waals surface area contributed by atoms with Crippen LogP contribution in [0.5, 0.6) is 0 Å². The Morgan fingerprint density at radius 3 is 2.39 bits per heavy atom. The minimum Gasteiger partial charge on any atom is -0.352 e. The van der Waals surface area contributed by atoms with Gasteiger partial charge in [-0.3, -0.25) is 9.59 Å². The number of nitrogens with one attached hydrogen (secondary N) is 1. The van der Waals surface area contributed by atoms with E-state index in [0.29, 0.717) is 21.4 Å². The summed E-state index contributed by atoms with van der Waals surface area (Å²) >= 11 is 13.9. The summed E-state index contributed by atoms with van der Waals surface area (Å²) in [4.78, 5) is 28.5. The van der Waals surface area contributed by atoms with Crippen molar-refractivity contribution < 1.29 is 9.59 Å². The molecule has 7 heteroatoms. The van der Waals surface area contributed by atoms with Crippen molar-refractivity contribution in [3.05, 3.63) is 69.2 Å². The number of carbonyl (C=O) groups is 2. The van der Waals surface area contributed by atoms with Crippen LogP contribution in [-0.2, 0) is 4.79 Å². The van der Waals surface area contributed by atoms with E-state index < -0.39 is 6.04 Å². The van der Waals surface area contributed by atoms with Gasteiger partial charge in [-0.2, -0.15) is 0 Å². The lowest BCUT2D eigenvalue weighted by atomic mass is 9.95. The van der Waals surface area contributed by atoms with Gasteiger partial charge in [0.1, 0.15) is 11.4 Å². The van der Waals surface area contributed by atoms with E-state index in [1.54, 1.807) is 28.8 Å². The van der Waals surface area contributed by atoms with Crippen LogP contribution in [-0.4, -0.2) is 34.6 Å². The van der Waals surface area contributed by atoms with Crippen LogP contribution in [0.4, 0.5) is 0 Å². The van der Waals surface area contributed by atoms with Crippen molar-refractivity contribution in [3.63, 3.8) is 0 Å². The van der Waals surface area contributed by atoms with Gasteiger partial charge < -0.3 is 10.2 Å². The Bertz CT molecular complexity index is 961. The number of aryl methyl sites for hydroxylation is 1. The van der Waals surface area contributed by atoms with Crippen LogP contribution < -0.4 is 5.32 Å². The minimum atomic E-state index is -0.528. The van der Waals surface area contributed by atoms with Gasteiger partial charge in [-0.1, -0.05) is 66.2 Å². The lowest BCUT2D eigenvalue weighted by Crippen LogP contribution is -2.50. The number of halogens is 2. The van der Waals surface area contributed by atoms with Crippen LogP contribution in [0.25, 0.3) is 0 Å². The first-order valence-electron chi connectivity index (χ1n) is 10.7. The maximum Gasteiger partial charge on any atom is 0.255 e. The highest BCUT2D eigenvalue weighted by Gasteiger charge is 2.43. The van der Waals surface area contributed by atoms with E-state index in [-0.39, 0.29) is 23.2 Å². The summed E-state index contributed by atoms with van der Waals surface area (Å²) < 4.78 is 0. The molecule has 1 N–H and O–H groups in total. The van der Waals surface area contributed by atoms with Gasteiger partial charge in [0, 0.05) is 17.4 Å². The largest absolute Gasteiger partial charge is 0.352 e. The standard InChI is InChI=1S/C24H26Cl2N2O2S/c1-15-7-9-16(10-8-15)23(30)28-21(22(29)27-18-5-3-2-4-6-18)14-31-24(28)17-11-12-19(25)20(26)13-17/h7-13,18,21,24H,2-6,14H2,1H3,(H,27,29). The SMILES string of the molecule is Cc1ccc(C(=O)N2C(C(=O)NC3CCCCC3)CSC2c2ccc(Cl)c(Cl)c2)cc1. The Morgan fingerprint density at radius 1 is 1.00 bits per heavy atom. The number of amides is 2. The summed E-state index contributed by atoms with van der Waals surface area (Å²) in [5.74, 6) is 0.327. The van der Waals surface area contributed by atoms with Crippen LogP contribution in [0.15, 0.2) is 42.5 Å². The average molecular weight is 477 g/mol. The molecule has 0 aromatic heterocycles. The van der Waals surface area contributed by atoms with E-state index in [2.05, 4.69) is 5.32 Å². The zero-order chi connectivity index (χ0) is 22.0. The molecule has 0 spiro atoms. The Hall–Kier alpha value is -1.69. The number of benzene rings is 2. The van der Waals surface area contributed by atoms with E-state index in [1.807, 2.05) is 37.3 Å². The van der Waals surface area contributed by atoms with Gasteiger partial charge in [-0.05, 0) is 49.6 Å². The lowest BCUT2D eigenvalue weighted by Gasteiger charge is -2.31. The maximum atomic E-state index is 13.6. The van der Waals surface area contributed by atoms with Crippen molar-refractivity contribution in [1.29, 1.82) is 0 Å². The number of hydrogen-bond donors (Lipinski definition) is 1. The van der Waals surface area contributed by atoms with Crippen molar-refractivity contribution in [2.24, 2.45) is 0 Å². The Morgan fingerprint density at radius 2 is 1.71 bits per heavy atom. The highest BCUT2D eigenvalue weighted by molar-refractivity contribution is 7.99. The molecule has 0 radical (unpaired) electrons. The lowest BCUT2D eigenvalue weighted by molar-refractivity contribution is -0.125. The number of hydrogen-bond acceptors (Lipinski definition) is 3. The molecule has 2 amide bonds. The molecule has 1 saturated carbocycles. The summed E-state index contributed by atoms with van der Waals surface area (Å²) in [6, 6.07) is 12.6. The summed E-state index contributed by atoms with van der Waals surface area (Å²) in [6.45, 7) is 1.99. The van der Waals surface area contributed by atoms with Gasteiger partial charge in [-0.15, -0.1) is 11.8 Å².